The smallest absolute Gasteiger partial charge is 0.113 e. The number of morpholine rings is 1. The summed E-state index contributed by atoms with van der Waals surface area (Å²) in [5.74, 6) is 0. The van der Waals surface area contributed by atoms with Crippen molar-refractivity contribution in [1.29, 1.82) is 0 Å². The van der Waals surface area contributed by atoms with E-state index in [9.17, 15) is 0 Å². The van der Waals surface area contributed by atoms with Crippen LogP contribution in [-0.4, -0.2) is 24.7 Å². The SMILES string of the molecule is Cc1ccc(C)c(-c2csc(C3COCCN3)n2)c1. The van der Waals surface area contributed by atoms with Gasteiger partial charge in [-0.15, -0.1) is 11.3 Å². The molecule has 3 rings (SSSR count). The van der Waals surface area contributed by atoms with E-state index in [1.165, 1.54) is 16.7 Å². The summed E-state index contributed by atoms with van der Waals surface area (Å²) in [6.07, 6.45) is 0. The van der Waals surface area contributed by atoms with Gasteiger partial charge in [0.1, 0.15) is 5.01 Å². The molecule has 1 aromatic heterocycles. The highest BCUT2D eigenvalue weighted by Gasteiger charge is 2.19. The summed E-state index contributed by atoms with van der Waals surface area (Å²) in [6.45, 7) is 6.68. The fourth-order valence-electron chi connectivity index (χ4n) is 2.31. The molecule has 1 fully saturated rings. The highest BCUT2D eigenvalue weighted by molar-refractivity contribution is 7.10. The van der Waals surface area contributed by atoms with Gasteiger partial charge >= 0.3 is 0 Å². The molecule has 19 heavy (non-hydrogen) atoms. The van der Waals surface area contributed by atoms with Crippen LogP contribution in [0, 0.1) is 13.8 Å². The van der Waals surface area contributed by atoms with Gasteiger partial charge in [-0.1, -0.05) is 17.7 Å². The van der Waals surface area contributed by atoms with Crippen molar-refractivity contribution in [3.63, 3.8) is 0 Å². The number of hydrogen-bond acceptors (Lipinski definition) is 4. The summed E-state index contributed by atoms with van der Waals surface area (Å²) in [5.41, 5.74) is 4.86. The lowest BCUT2D eigenvalue weighted by molar-refractivity contribution is 0.0768. The molecule has 1 N–H and O–H groups in total. The van der Waals surface area contributed by atoms with Crippen LogP contribution in [0.4, 0.5) is 0 Å². The van der Waals surface area contributed by atoms with Crippen LogP contribution in [-0.2, 0) is 4.74 Å². The lowest BCUT2D eigenvalue weighted by Crippen LogP contribution is -2.34. The highest BCUT2D eigenvalue weighted by atomic mass is 32.1. The second kappa shape index (κ2) is 5.41. The first kappa shape index (κ1) is 12.8. The predicted molar refractivity (Wildman–Crippen MR) is 78.6 cm³/mol. The van der Waals surface area contributed by atoms with Crippen LogP contribution < -0.4 is 5.32 Å². The quantitative estimate of drug-likeness (QED) is 0.914. The zero-order chi connectivity index (χ0) is 13.2. The van der Waals surface area contributed by atoms with Gasteiger partial charge in [0, 0.05) is 17.5 Å². The molecule has 1 aliphatic heterocycles. The maximum atomic E-state index is 5.50. The zero-order valence-corrected chi connectivity index (χ0v) is 12.1. The van der Waals surface area contributed by atoms with Gasteiger partial charge in [-0.3, -0.25) is 0 Å². The predicted octanol–water partition coefficient (Wildman–Crippen LogP) is 3.09. The van der Waals surface area contributed by atoms with Crippen molar-refractivity contribution in [3.05, 3.63) is 39.7 Å². The Labute approximate surface area is 117 Å². The van der Waals surface area contributed by atoms with Gasteiger partial charge < -0.3 is 10.1 Å². The molecule has 1 aliphatic rings. The molecule has 0 bridgehead atoms. The fourth-order valence-corrected chi connectivity index (χ4v) is 3.19. The van der Waals surface area contributed by atoms with Crippen LogP contribution in [0.25, 0.3) is 11.3 Å². The van der Waals surface area contributed by atoms with Crippen LogP contribution in [0.3, 0.4) is 0 Å². The Morgan fingerprint density at radius 3 is 3.05 bits per heavy atom. The second-order valence-corrected chi connectivity index (χ2v) is 5.86. The third-order valence-electron chi connectivity index (χ3n) is 3.41. The number of nitrogens with zero attached hydrogens (tertiary/aromatic N) is 1. The van der Waals surface area contributed by atoms with Crippen LogP contribution in [0.15, 0.2) is 23.6 Å². The molecule has 0 aliphatic carbocycles. The number of ether oxygens (including phenoxy) is 1. The van der Waals surface area contributed by atoms with Gasteiger partial charge in [0.05, 0.1) is 24.9 Å². The largest absolute Gasteiger partial charge is 0.378 e. The molecule has 0 radical (unpaired) electrons. The summed E-state index contributed by atoms with van der Waals surface area (Å²) in [5, 5.41) is 6.72. The number of nitrogens with one attached hydrogen (secondary N) is 1. The van der Waals surface area contributed by atoms with E-state index in [-0.39, 0.29) is 6.04 Å². The van der Waals surface area contributed by atoms with Crippen LogP contribution >= 0.6 is 11.3 Å². The molecular weight excluding hydrogens is 256 g/mol. The topological polar surface area (TPSA) is 34.1 Å². The molecule has 3 nitrogen and oxygen atoms in total. The number of aromatic nitrogens is 1. The van der Waals surface area contributed by atoms with Crippen molar-refractivity contribution in [2.24, 2.45) is 0 Å². The van der Waals surface area contributed by atoms with Gasteiger partial charge in [0.25, 0.3) is 0 Å². The van der Waals surface area contributed by atoms with E-state index in [1.54, 1.807) is 11.3 Å². The normalized spacial score (nSPS) is 19.6. The standard InChI is InChI=1S/C15H18N2OS/c1-10-3-4-11(2)12(7-10)14-9-19-15(17-14)13-8-18-6-5-16-13/h3-4,7,9,13,16H,5-6,8H2,1-2H3. The minimum absolute atomic E-state index is 0.248. The molecule has 2 heterocycles. The summed E-state index contributed by atoms with van der Waals surface area (Å²) >= 11 is 1.71. The van der Waals surface area contributed by atoms with E-state index in [0.29, 0.717) is 0 Å². The van der Waals surface area contributed by atoms with E-state index in [1.807, 2.05) is 0 Å². The third kappa shape index (κ3) is 2.71. The molecule has 1 unspecified atom stereocenters. The van der Waals surface area contributed by atoms with Crippen molar-refractivity contribution in [2.45, 2.75) is 19.9 Å². The average Bonchev–Trinajstić information content (AvgIpc) is 2.92. The molecule has 0 amide bonds. The van der Waals surface area contributed by atoms with Crippen molar-refractivity contribution in [1.82, 2.24) is 10.3 Å². The first-order chi connectivity index (χ1) is 9.24. The van der Waals surface area contributed by atoms with Crippen molar-refractivity contribution in [2.75, 3.05) is 19.8 Å². The molecule has 1 saturated heterocycles. The van der Waals surface area contributed by atoms with Crippen LogP contribution in [0.1, 0.15) is 22.2 Å². The Hall–Kier alpha value is -1.23. The highest BCUT2D eigenvalue weighted by Crippen LogP contribution is 2.29. The molecule has 1 aromatic carbocycles. The van der Waals surface area contributed by atoms with Gasteiger partial charge in [0.15, 0.2) is 0 Å². The second-order valence-electron chi connectivity index (χ2n) is 4.97. The van der Waals surface area contributed by atoms with E-state index < -0.39 is 0 Å². The van der Waals surface area contributed by atoms with E-state index >= 15 is 0 Å². The van der Waals surface area contributed by atoms with E-state index in [0.717, 1.165) is 30.5 Å². The molecular formula is C15H18N2OS. The lowest BCUT2D eigenvalue weighted by atomic mass is 10.0. The maximum Gasteiger partial charge on any atom is 0.113 e. The Kier molecular flexibility index (Phi) is 3.64. The average molecular weight is 274 g/mol. The number of rotatable bonds is 2. The first-order valence-corrected chi connectivity index (χ1v) is 7.46. The Morgan fingerprint density at radius 2 is 2.26 bits per heavy atom. The number of hydrogen-bond donors (Lipinski definition) is 1. The van der Waals surface area contributed by atoms with Crippen molar-refractivity contribution in [3.8, 4) is 11.3 Å². The minimum Gasteiger partial charge on any atom is -0.378 e. The molecule has 0 spiro atoms. The third-order valence-corrected chi connectivity index (χ3v) is 4.37. The number of aryl methyl sites for hydroxylation is 2. The Balaban J connectivity index is 1.89. The van der Waals surface area contributed by atoms with Gasteiger partial charge in [-0.05, 0) is 25.5 Å². The van der Waals surface area contributed by atoms with Crippen LogP contribution in [0.2, 0.25) is 0 Å². The number of benzene rings is 1. The lowest BCUT2D eigenvalue weighted by Gasteiger charge is -2.21. The van der Waals surface area contributed by atoms with Crippen molar-refractivity contribution >= 4 is 11.3 Å². The summed E-state index contributed by atoms with van der Waals surface area (Å²) in [6, 6.07) is 6.76. The molecule has 2 aromatic rings. The van der Waals surface area contributed by atoms with Gasteiger partial charge in [0.2, 0.25) is 0 Å². The summed E-state index contributed by atoms with van der Waals surface area (Å²) in [4.78, 5) is 4.78. The summed E-state index contributed by atoms with van der Waals surface area (Å²) in [7, 11) is 0. The molecule has 1 atom stereocenters. The first-order valence-electron chi connectivity index (χ1n) is 6.58. The fraction of sp³-hybridized carbons (Fsp3) is 0.400. The van der Waals surface area contributed by atoms with Gasteiger partial charge in [-0.2, -0.15) is 0 Å². The zero-order valence-electron chi connectivity index (χ0n) is 11.3. The molecule has 0 saturated carbocycles. The van der Waals surface area contributed by atoms with Crippen molar-refractivity contribution < 1.29 is 4.74 Å². The Bertz CT molecular complexity index is 573. The molecule has 4 heteroatoms. The van der Waals surface area contributed by atoms with E-state index in [2.05, 4.69) is 42.7 Å². The maximum absolute atomic E-state index is 5.50. The molecule has 100 valence electrons. The Morgan fingerprint density at radius 1 is 1.37 bits per heavy atom. The number of thiazole rings is 1. The minimum atomic E-state index is 0.248. The summed E-state index contributed by atoms with van der Waals surface area (Å²) < 4.78 is 5.50. The van der Waals surface area contributed by atoms with Gasteiger partial charge in [-0.25, -0.2) is 4.98 Å². The van der Waals surface area contributed by atoms with E-state index in [4.69, 9.17) is 9.72 Å². The monoisotopic (exact) mass is 274 g/mol. The van der Waals surface area contributed by atoms with Crippen LogP contribution in [0.5, 0.6) is 0 Å².